The molecule has 0 aromatic carbocycles. The third kappa shape index (κ3) is 82.5. The van der Waals surface area contributed by atoms with Gasteiger partial charge in [-0.05, 0) is 25.7 Å². The minimum Gasteiger partial charge on any atom is -0.748 e. The predicted octanol–water partition coefficient (Wildman–Crippen LogP) is 9.31. The Kier molecular flexibility index (Phi) is 60.2. The Balaban J connectivity index is -0.000000263. The minimum atomic E-state index is -4.28. The summed E-state index contributed by atoms with van der Waals surface area (Å²) in [7, 11) is -17.1. The topological polar surface area (TPSA) is 310 Å². The Bertz CT molecular complexity index is 1280. The van der Waals surface area contributed by atoms with Gasteiger partial charge in [0.05, 0.1) is 87.9 Å². The Hall–Kier alpha value is 0.279. The van der Waals surface area contributed by atoms with Crippen molar-refractivity contribution >= 4 is 64.4 Å². The quantitative estimate of drug-likeness (QED) is 0.0251. The zero-order chi connectivity index (χ0) is 52.6. The van der Waals surface area contributed by atoms with Gasteiger partial charge in [-0.1, -0.05) is 233 Å². The van der Waals surface area contributed by atoms with E-state index in [1.54, 1.807) is 0 Å². The number of hydrogen-bond acceptors (Lipinski definition) is 16. The van der Waals surface area contributed by atoms with Gasteiger partial charge in [-0.3, -0.25) is 0 Å². The summed E-state index contributed by atoms with van der Waals surface area (Å²) in [5, 5.41) is 37.1. The molecule has 0 fully saturated rings. The second-order valence-electron chi connectivity index (χ2n) is 18.6. The minimum absolute atomic E-state index is 0. The van der Waals surface area contributed by atoms with E-state index in [9.17, 15) is 72.3 Å². The van der Waals surface area contributed by atoms with E-state index >= 15 is 0 Å². The summed E-state index contributed by atoms with van der Waals surface area (Å²) in [4.78, 5) is 0. The van der Waals surface area contributed by atoms with Crippen LogP contribution in [0.5, 0.6) is 0 Å². The molecule has 0 heterocycles. The van der Waals surface area contributed by atoms with Crippen molar-refractivity contribution < 1.29 is 72.3 Å². The largest absolute Gasteiger partial charge is 4.00 e. The van der Waals surface area contributed by atoms with E-state index in [1.807, 2.05) is 0 Å². The van der Waals surface area contributed by atoms with Crippen LogP contribution in [0.2, 0.25) is 0 Å². The molecule has 0 aliphatic heterocycles. The molecule has 0 radical (unpaired) electrons. The average Bonchev–Trinajstić information content (AvgIpc) is 3.20. The molecule has 0 aromatic rings. The standard InChI is InChI=1S/4C12H26O4S.Sn/c4*1-2-3-4-5-6-7-8-9-10-12(13)11-17(14,15)16;/h4*12-13H,2-11H2,1H3,(H,14,15,16);/q;;;;+4/p-4. The van der Waals surface area contributed by atoms with Gasteiger partial charge in [0.2, 0.25) is 0 Å². The van der Waals surface area contributed by atoms with E-state index in [0.717, 1.165) is 77.0 Å². The molecule has 0 spiro atoms. The number of aliphatic hydroxyl groups excluding tert-OH is 4. The molecule has 0 bridgehead atoms. The maximum atomic E-state index is 10.4. The van der Waals surface area contributed by atoms with Gasteiger partial charge in [0, 0.05) is 0 Å². The summed E-state index contributed by atoms with van der Waals surface area (Å²) in [5.41, 5.74) is 0. The first-order valence-corrected chi connectivity index (χ1v) is 32.6. The maximum absolute atomic E-state index is 10.4. The summed E-state index contributed by atoms with van der Waals surface area (Å²) >= 11 is 0. The van der Waals surface area contributed by atoms with Crippen molar-refractivity contribution in [1.82, 2.24) is 0 Å². The van der Waals surface area contributed by atoms with Crippen molar-refractivity contribution in [3.05, 3.63) is 0 Å². The fourth-order valence-corrected chi connectivity index (χ4v) is 9.88. The Morgan fingerprint density at radius 2 is 0.377 bits per heavy atom. The molecule has 416 valence electrons. The molecule has 0 aromatic heterocycles. The van der Waals surface area contributed by atoms with E-state index in [4.69, 9.17) is 0 Å². The van der Waals surface area contributed by atoms with Gasteiger partial charge in [0.15, 0.2) is 0 Å². The van der Waals surface area contributed by atoms with Crippen molar-refractivity contribution in [3.63, 3.8) is 0 Å². The van der Waals surface area contributed by atoms with Gasteiger partial charge >= 0.3 is 23.9 Å². The number of unbranched alkanes of at least 4 members (excludes halogenated alkanes) is 28. The SMILES string of the molecule is CCCCCCCCCCC(O)CS(=O)(=O)[O-].CCCCCCCCCCC(O)CS(=O)(=O)[O-].CCCCCCCCCCC(O)CS(=O)(=O)[O-].CCCCCCCCCCC(O)CS(=O)(=O)[O-].[Sn+4]. The fraction of sp³-hybridized carbons (Fsp3) is 1.00. The fourth-order valence-electron chi connectivity index (χ4n) is 7.33. The first kappa shape index (κ1) is 78.2. The summed E-state index contributed by atoms with van der Waals surface area (Å²) in [6.45, 7) is 8.74. The summed E-state index contributed by atoms with van der Waals surface area (Å²) in [6.07, 6.45) is 34.5. The Labute approximate surface area is 440 Å². The summed E-state index contributed by atoms with van der Waals surface area (Å²) in [6, 6.07) is 0. The monoisotopic (exact) mass is 1180 g/mol. The van der Waals surface area contributed by atoms with E-state index in [2.05, 4.69) is 27.7 Å². The zero-order valence-corrected chi connectivity index (χ0v) is 49.5. The number of hydrogen-bond donors (Lipinski definition) is 4. The average molecular weight is 1180 g/mol. The molecule has 0 rings (SSSR count). The molecule has 4 unspecified atom stereocenters. The van der Waals surface area contributed by atoms with Gasteiger partial charge in [-0.25, -0.2) is 33.7 Å². The van der Waals surface area contributed by atoms with E-state index in [-0.39, 0.29) is 23.9 Å². The molecule has 0 saturated carbocycles. The summed E-state index contributed by atoms with van der Waals surface area (Å²) < 4.78 is 124. The third-order valence-corrected chi connectivity index (χ3v) is 14.3. The molecule has 4 atom stereocenters. The Morgan fingerprint density at radius 3 is 0.493 bits per heavy atom. The number of rotatable bonds is 44. The van der Waals surface area contributed by atoms with Crippen LogP contribution in [0.1, 0.15) is 259 Å². The van der Waals surface area contributed by atoms with Crippen LogP contribution in [0.3, 0.4) is 0 Å². The van der Waals surface area contributed by atoms with Crippen molar-refractivity contribution in [1.29, 1.82) is 0 Å². The molecule has 0 aliphatic carbocycles. The second kappa shape index (κ2) is 53.1. The molecule has 0 amide bonds. The maximum Gasteiger partial charge on any atom is 4.00 e. The molecule has 16 nitrogen and oxygen atoms in total. The van der Waals surface area contributed by atoms with Crippen molar-refractivity contribution in [2.24, 2.45) is 0 Å². The molecular formula is C48H100O16S4Sn. The number of aliphatic hydroxyl groups is 4. The molecule has 0 aliphatic rings. The molecule has 0 saturated heterocycles. The van der Waals surface area contributed by atoms with Crippen LogP contribution in [0.15, 0.2) is 0 Å². The van der Waals surface area contributed by atoms with Gasteiger partial charge in [0.1, 0.15) is 0 Å². The van der Waals surface area contributed by atoms with Gasteiger partial charge in [-0.15, -0.1) is 0 Å². The van der Waals surface area contributed by atoms with Crippen molar-refractivity contribution in [3.8, 4) is 0 Å². The molecular weight excluding hydrogens is 1080 g/mol. The van der Waals surface area contributed by atoms with Crippen LogP contribution in [0.25, 0.3) is 0 Å². The first-order valence-electron chi connectivity index (χ1n) is 26.3. The molecule has 4 N–H and O–H groups in total. The predicted molar refractivity (Wildman–Crippen MR) is 277 cm³/mol. The van der Waals surface area contributed by atoms with Gasteiger partial charge in [-0.2, -0.15) is 0 Å². The van der Waals surface area contributed by atoms with Gasteiger partial charge in [0.25, 0.3) is 0 Å². The second-order valence-corrected chi connectivity index (χ2v) is 24.4. The van der Waals surface area contributed by atoms with Crippen molar-refractivity contribution in [2.45, 2.75) is 283 Å². The molecule has 21 heteroatoms. The van der Waals surface area contributed by atoms with Crippen LogP contribution in [-0.2, 0) is 40.5 Å². The first-order chi connectivity index (χ1) is 31.8. The van der Waals surface area contributed by atoms with E-state index in [1.165, 1.54) is 128 Å². The third-order valence-electron chi connectivity index (χ3n) is 11.1. The smallest absolute Gasteiger partial charge is 0.748 e. The van der Waals surface area contributed by atoms with Crippen molar-refractivity contribution in [2.75, 3.05) is 23.0 Å². The summed E-state index contributed by atoms with van der Waals surface area (Å²) in [5.74, 6) is -2.60. The van der Waals surface area contributed by atoms with Crippen LogP contribution in [-0.4, -0.2) is 144 Å². The van der Waals surface area contributed by atoms with Crippen LogP contribution in [0, 0.1) is 0 Å². The molecule has 69 heavy (non-hydrogen) atoms. The van der Waals surface area contributed by atoms with E-state index < -0.39 is 87.9 Å². The Morgan fingerprint density at radius 1 is 0.261 bits per heavy atom. The van der Waals surface area contributed by atoms with Crippen LogP contribution < -0.4 is 0 Å². The van der Waals surface area contributed by atoms with E-state index in [0.29, 0.717) is 25.7 Å². The van der Waals surface area contributed by atoms with Gasteiger partial charge < -0.3 is 38.6 Å². The zero-order valence-electron chi connectivity index (χ0n) is 43.4. The normalized spacial score (nSPS) is 13.6. The van der Waals surface area contributed by atoms with Crippen LogP contribution in [0.4, 0.5) is 0 Å². The van der Waals surface area contributed by atoms with Crippen LogP contribution >= 0.6 is 0 Å².